The van der Waals surface area contributed by atoms with Crippen molar-refractivity contribution in [3.8, 4) is 5.75 Å². The number of aromatic nitrogens is 2. The van der Waals surface area contributed by atoms with Crippen molar-refractivity contribution in [2.24, 2.45) is 0 Å². The number of rotatable bonds is 6. The van der Waals surface area contributed by atoms with Gasteiger partial charge in [-0.15, -0.1) is 0 Å². The lowest BCUT2D eigenvalue weighted by Gasteiger charge is -2.24. The Morgan fingerprint density at radius 1 is 1.39 bits per heavy atom. The Kier molecular flexibility index (Phi) is 5.82. The molecular weight excluding hydrogens is 421 g/mol. The number of fused-ring (bicyclic) bond motifs is 1. The summed E-state index contributed by atoms with van der Waals surface area (Å²) in [5, 5.41) is 6.54. The lowest BCUT2D eigenvalue weighted by molar-refractivity contribution is -0.125. The van der Waals surface area contributed by atoms with Crippen LogP contribution in [0.1, 0.15) is 19.8 Å². The molecule has 9 heteroatoms. The normalized spacial score (nSPS) is 16.9. The molecule has 1 amide bonds. The van der Waals surface area contributed by atoms with Crippen molar-refractivity contribution in [3.63, 3.8) is 0 Å². The highest BCUT2D eigenvalue weighted by Gasteiger charge is 2.30. The van der Waals surface area contributed by atoms with Crippen LogP contribution in [0.3, 0.4) is 0 Å². The highest BCUT2D eigenvalue weighted by molar-refractivity contribution is 6.31. The quantitative estimate of drug-likeness (QED) is 0.600. The molecule has 0 bridgehead atoms. The van der Waals surface area contributed by atoms with Gasteiger partial charge in [-0.3, -0.25) is 9.69 Å². The molecule has 1 aliphatic rings. The average molecular weight is 445 g/mol. The van der Waals surface area contributed by atoms with Crippen molar-refractivity contribution in [2.45, 2.75) is 25.4 Å². The summed E-state index contributed by atoms with van der Waals surface area (Å²) in [4.78, 5) is 23.1. The summed E-state index contributed by atoms with van der Waals surface area (Å²) < 4.78 is 26.4. The molecule has 1 atom stereocenters. The number of amides is 1. The van der Waals surface area contributed by atoms with Gasteiger partial charge in [0, 0.05) is 37.6 Å². The summed E-state index contributed by atoms with van der Waals surface area (Å²) in [7, 11) is 1.46. The molecule has 2 heterocycles. The van der Waals surface area contributed by atoms with Gasteiger partial charge in [0.2, 0.25) is 5.91 Å². The first-order chi connectivity index (χ1) is 15.5. The number of carbonyl (C=O) groups is 1. The molecule has 4 rings (SSSR count). The Hall–Kier alpha value is -2.97. The van der Waals surface area contributed by atoms with Crippen LogP contribution in [0, 0.1) is 5.82 Å². The molecule has 7 nitrogen and oxygen atoms in total. The minimum absolute atomic E-state index is 0.0155. The molecule has 1 saturated heterocycles. The van der Waals surface area contributed by atoms with E-state index in [1.54, 1.807) is 13.2 Å². The van der Waals surface area contributed by atoms with E-state index in [0.717, 1.165) is 30.3 Å². The molecule has 162 valence electrons. The lowest BCUT2D eigenvalue weighted by atomic mass is 10.1. The van der Waals surface area contributed by atoms with Crippen LogP contribution in [0.5, 0.6) is 5.75 Å². The second-order valence-corrected chi connectivity index (χ2v) is 7.73. The monoisotopic (exact) mass is 444 g/mol. The maximum atomic E-state index is 13.5. The zero-order valence-electron chi connectivity index (χ0n) is 18.0. The number of hydrogen-bond donors (Lipinski definition) is 2. The van der Waals surface area contributed by atoms with Crippen LogP contribution < -0.4 is 15.4 Å². The maximum absolute atomic E-state index is 13.5. The van der Waals surface area contributed by atoms with Gasteiger partial charge in [0.1, 0.15) is 23.7 Å². The zero-order valence-corrected chi connectivity index (χ0v) is 17.7. The number of carbonyl (C=O) groups excluding carboxylic acids is 1. The number of anilines is 2. The largest absolute Gasteiger partial charge is 0.496 e. The molecule has 0 aliphatic carbocycles. The van der Waals surface area contributed by atoms with E-state index < -0.39 is 5.82 Å². The van der Waals surface area contributed by atoms with E-state index in [1.165, 1.54) is 18.5 Å². The summed E-state index contributed by atoms with van der Waals surface area (Å²) >= 11 is 5.91. The minimum Gasteiger partial charge on any atom is -0.496 e. The van der Waals surface area contributed by atoms with Crippen LogP contribution in [-0.4, -0.2) is 47.5 Å². The van der Waals surface area contributed by atoms with Crippen LogP contribution in [0.4, 0.5) is 15.9 Å². The van der Waals surface area contributed by atoms with Crippen LogP contribution >= 0.6 is 11.6 Å². The van der Waals surface area contributed by atoms with Crippen molar-refractivity contribution in [1.29, 1.82) is 0 Å². The standard InChI is InChI=1S/C22H23ClFN5O2/c1-25-22(30)19-4-3-7-29(19)11-13-8-15-18(10-20(13)31-2)26-12-27-21(15)28-14-5-6-17(24)16(23)9-14/h5-6,8-10,12,19H,3-4,7,11H2,1-2H3,(H,25,30)(H,26,27,28)/t19-/m0/s1/i1D. The molecule has 1 aliphatic heterocycles. The van der Waals surface area contributed by atoms with Gasteiger partial charge >= 0.3 is 0 Å². The fourth-order valence-corrected chi connectivity index (χ4v) is 4.08. The molecule has 2 aromatic carbocycles. The molecule has 1 aromatic heterocycles. The number of hydrogen-bond acceptors (Lipinski definition) is 6. The van der Waals surface area contributed by atoms with Gasteiger partial charge < -0.3 is 15.4 Å². The predicted molar refractivity (Wildman–Crippen MR) is 118 cm³/mol. The van der Waals surface area contributed by atoms with Crippen molar-refractivity contribution in [1.82, 2.24) is 20.2 Å². The third-order valence-electron chi connectivity index (χ3n) is 5.43. The number of benzene rings is 2. The Bertz CT molecular complexity index is 1150. The van der Waals surface area contributed by atoms with E-state index in [9.17, 15) is 9.18 Å². The molecule has 0 spiro atoms. The molecule has 2 N–H and O–H groups in total. The molecule has 31 heavy (non-hydrogen) atoms. The molecular formula is C22H23ClFN5O2. The molecule has 0 radical (unpaired) electrons. The van der Waals surface area contributed by atoms with Gasteiger partial charge in [-0.2, -0.15) is 0 Å². The van der Waals surface area contributed by atoms with E-state index in [2.05, 4.69) is 25.5 Å². The number of likely N-dealkylation sites (tertiary alicyclic amines) is 1. The summed E-state index contributed by atoms with van der Waals surface area (Å²) in [5.74, 6) is 0.590. The topological polar surface area (TPSA) is 79.4 Å². The highest BCUT2D eigenvalue weighted by Crippen LogP contribution is 2.32. The average Bonchev–Trinajstić information content (AvgIpc) is 3.25. The number of ether oxygens (including phenoxy) is 1. The van der Waals surface area contributed by atoms with Gasteiger partial charge in [0.25, 0.3) is 0 Å². The number of likely N-dealkylation sites (N-methyl/N-ethyl adjacent to an activating group) is 1. The van der Waals surface area contributed by atoms with Crippen molar-refractivity contribution in [2.75, 3.05) is 26.0 Å². The number of methoxy groups -OCH3 is 1. The molecule has 1 fully saturated rings. The maximum Gasteiger partial charge on any atom is 0.237 e. The van der Waals surface area contributed by atoms with E-state index in [1.807, 2.05) is 12.1 Å². The van der Waals surface area contributed by atoms with Crippen LogP contribution in [-0.2, 0) is 11.3 Å². The van der Waals surface area contributed by atoms with Crippen LogP contribution in [0.2, 0.25) is 5.02 Å². The predicted octanol–water partition coefficient (Wildman–Crippen LogP) is 3.88. The fraction of sp³-hybridized carbons (Fsp3) is 0.318. The SMILES string of the molecule is [2H]CNC(=O)[C@@H]1CCCN1Cc1cc2c(Nc3ccc(F)c(Cl)c3)ncnc2cc1OC. The Labute approximate surface area is 186 Å². The van der Waals surface area contributed by atoms with E-state index in [0.29, 0.717) is 29.3 Å². The summed E-state index contributed by atoms with van der Waals surface area (Å²) in [6.07, 6.45) is 3.10. The second-order valence-electron chi connectivity index (χ2n) is 7.33. The van der Waals surface area contributed by atoms with Crippen LogP contribution in [0.25, 0.3) is 10.9 Å². The van der Waals surface area contributed by atoms with Gasteiger partial charge in [-0.25, -0.2) is 14.4 Å². The number of halogens is 2. The Morgan fingerprint density at radius 2 is 2.26 bits per heavy atom. The van der Waals surface area contributed by atoms with Gasteiger partial charge in [0.15, 0.2) is 0 Å². The molecule has 0 unspecified atom stereocenters. The molecule has 0 saturated carbocycles. The van der Waals surface area contributed by atoms with Crippen molar-refractivity contribution < 1.29 is 15.3 Å². The number of nitrogens with one attached hydrogen (secondary N) is 2. The van der Waals surface area contributed by atoms with E-state index >= 15 is 0 Å². The lowest BCUT2D eigenvalue weighted by Crippen LogP contribution is -2.41. The fourth-order valence-electron chi connectivity index (χ4n) is 3.90. The summed E-state index contributed by atoms with van der Waals surface area (Å²) in [5.41, 5.74) is 2.17. The van der Waals surface area contributed by atoms with Crippen LogP contribution in [0.15, 0.2) is 36.7 Å². The van der Waals surface area contributed by atoms with Crippen molar-refractivity contribution in [3.05, 3.63) is 53.1 Å². The molecule has 3 aromatic rings. The Morgan fingerprint density at radius 3 is 3.03 bits per heavy atom. The van der Waals surface area contributed by atoms with E-state index in [-0.39, 0.29) is 24.0 Å². The van der Waals surface area contributed by atoms with Gasteiger partial charge in [-0.1, -0.05) is 11.6 Å². The summed E-state index contributed by atoms with van der Waals surface area (Å²) in [6, 6.07) is 7.88. The first-order valence-corrected chi connectivity index (χ1v) is 10.2. The number of nitrogens with zero attached hydrogens (tertiary/aromatic N) is 3. The third-order valence-corrected chi connectivity index (χ3v) is 5.72. The van der Waals surface area contributed by atoms with Gasteiger partial charge in [0.05, 0.1) is 23.7 Å². The first-order valence-electron chi connectivity index (χ1n) is 10.6. The second kappa shape index (κ2) is 9.03. The minimum atomic E-state index is -0.494. The van der Waals surface area contributed by atoms with Crippen molar-refractivity contribution >= 4 is 39.9 Å². The van der Waals surface area contributed by atoms with Gasteiger partial charge in [-0.05, 0) is 43.7 Å². The third kappa shape index (κ3) is 4.40. The highest BCUT2D eigenvalue weighted by atomic mass is 35.5. The first kappa shape index (κ1) is 20.0. The Balaban J connectivity index is 1.67. The summed E-state index contributed by atoms with van der Waals surface area (Å²) in [6.45, 7) is 1.29. The van der Waals surface area contributed by atoms with E-state index in [4.69, 9.17) is 17.7 Å². The zero-order chi connectivity index (χ0) is 22.7. The smallest absolute Gasteiger partial charge is 0.237 e.